The number of carbonyl (C=O) groups excluding carboxylic acids is 2. The molecule has 0 saturated carbocycles. The maximum Gasteiger partial charge on any atom is 0.261 e. The first-order valence-corrected chi connectivity index (χ1v) is 11.8. The van der Waals surface area contributed by atoms with Gasteiger partial charge in [0.2, 0.25) is 0 Å². The molecule has 7 heteroatoms. The van der Waals surface area contributed by atoms with Crippen molar-refractivity contribution in [3.63, 3.8) is 0 Å². The van der Waals surface area contributed by atoms with Gasteiger partial charge in [0.1, 0.15) is 23.2 Å². The first kappa shape index (κ1) is 22.9. The molecule has 1 aliphatic carbocycles. The lowest BCUT2D eigenvalue weighted by atomic mass is 9.73. The molecular weight excluding hydrogens is 440 g/mol. The van der Waals surface area contributed by atoms with E-state index >= 15 is 0 Å². The summed E-state index contributed by atoms with van der Waals surface area (Å²) in [7, 11) is 1.62. The van der Waals surface area contributed by atoms with E-state index in [0.29, 0.717) is 35.5 Å². The van der Waals surface area contributed by atoms with Crippen LogP contribution in [0.3, 0.4) is 0 Å². The average molecular weight is 471 g/mol. The normalized spacial score (nSPS) is 18.4. The topological polar surface area (TPSA) is 85.2 Å². The molecule has 180 valence electrons. The Morgan fingerprint density at radius 1 is 1.14 bits per heavy atom. The number of methoxy groups -OCH3 is 1. The number of hydrogen-bond acceptors (Lipinski definition) is 5. The van der Waals surface area contributed by atoms with Crippen molar-refractivity contribution in [2.45, 2.75) is 46.6 Å². The molecule has 0 spiro atoms. The number of ketones is 1. The van der Waals surface area contributed by atoms with Gasteiger partial charge in [-0.25, -0.2) is 4.68 Å². The van der Waals surface area contributed by atoms with E-state index in [1.54, 1.807) is 18.0 Å². The number of hydrogen-bond donors (Lipinski definition) is 2. The Kier molecular flexibility index (Phi) is 5.50. The molecule has 0 saturated heterocycles. The van der Waals surface area contributed by atoms with Crippen LogP contribution in [-0.2, 0) is 4.79 Å². The van der Waals surface area contributed by atoms with Gasteiger partial charge in [-0.2, -0.15) is 5.10 Å². The second-order valence-electron chi connectivity index (χ2n) is 10.2. The van der Waals surface area contributed by atoms with Crippen molar-refractivity contribution < 1.29 is 14.3 Å². The summed E-state index contributed by atoms with van der Waals surface area (Å²) in [5.41, 5.74) is 5.60. The minimum atomic E-state index is -0.482. The lowest BCUT2D eigenvalue weighted by Crippen LogP contribution is -2.37. The molecule has 35 heavy (non-hydrogen) atoms. The third-order valence-electron chi connectivity index (χ3n) is 6.95. The summed E-state index contributed by atoms with van der Waals surface area (Å²) in [6, 6.07) is 13.0. The summed E-state index contributed by atoms with van der Waals surface area (Å²) in [6.45, 7) is 8.23. The Morgan fingerprint density at radius 3 is 2.66 bits per heavy atom. The molecule has 2 aromatic carbocycles. The molecule has 5 rings (SSSR count). The van der Waals surface area contributed by atoms with Gasteiger partial charge in [-0.05, 0) is 55.0 Å². The summed E-state index contributed by atoms with van der Waals surface area (Å²) in [5, 5.41) is 11.0. The standard InChI is InChI=1S/C28H30N4O3/c1-16-10-11-18(12-17(16)2)30-27(34)20-15-29-32-25(19-8-6-7-9-23(19)35-5)24-21(31-26(20)32)13-28(3,4)14-22(24)33/h6-12,15,25,31H,13-14H2,1-5H3,(H,30,34)/t25-/m0/s1. The van der Waals surface area contributed by atoms with Crippen LogP contribution in [0, 0.1) is 19.3 Å². The molecule has 1 aromatic heterocycles. The SMILES string of the molecule is COc1ccccc1[C@H]1C2=C(CC(C)(C)CC2=O)Nc2c(C(=O)Nc3ccc(C)c(C)c3)cnn21. The number of nitrogens with zero attached hydrogens (tertiary/aromatic N) is 2. The van der Waals surface area contributed by atoms with Crippen molar-refractivity contribution in [1.82, 2.24) is 9.78 Å². The fourth-order valence-corrected chi connectivity index (χ4v) is 5.07. The maximum atomic E-state index is 13.4. The molecular formula is C28H30N4O3. The van der Waals surface area contributed by atoms with E-state index < -0.39 is 6.04 Å². The van der Waals surface area contributed by atoms with E-state index in [4.69, 9.17) is 4.74 Å². The molecule has 7 nitrogen and oxygen atoms in total. The van der Waals surface area contributed by atoms with Crippen molar-refractivity contribution in [3.05, 3.63) is 82.2 Å². The van der Waals surface area contributed by atoms with Crippen molar-refractivity contribution in [1.29, 1.82) is 0 Å². The Labute approximate surface area is 205 Å². The molecule has 2 heterocycles. The highest BCUT2D eigenvalue weighted by molar-refractivity contribution is 6.08. The number of aryl methyl sites for hydroxylation is 2. The number of amides is 1. The van der Waals surface area contributed by atoms with Crippen LogP contribution in [-0.4, -0.2) is 28.6 Å². The number of benzene rings is 2. The number of carbonyl (C=O) groups is 2. The first-order chi connectivity index (χ1) is 16.7. The Morgan fingerprint density at radius 2 is 1.91 bits per heavy atom. The molecule has 0 bridgehead atoms. The maximum absolute atomic E-state index is 13.4. The van der Waals surface area contributed by atoms with E-state index in [1.807, 2.05) is 56.3 Å². The molecule has 1 atom stereocenters. The van der Waals surface area contributed by atoms with Crippen molar-refractivity contribution in [2.24, 2.45) is 5.41 Å². The molecule has 0 fully saturated rings. The number of rotatable bonds is 4. The van der Waals surface area contributed by atoms with Gasteiger partial charge in [-0.3, -0.25) is 9.59 Å². The fraction of sp³-hybridized carbons (Fsp3) is 0.321. The molecule has 2 aliphatic rings. The number of fused-ring (bicyclic) bond motifs is 1. The summed E-state index contributed by atoms with van der Waals surface area (Å²) in [5.74, 6) is 1.08. The lowest BCUT2D eigenvalue weighted by Gasteiger charge is -2.39. The first-order valence-electron chi connectivity index (χ1n) is 11.8. The predicted molar refractivity (Wildman–Crippen MR) is 136 cm³/mol. The van der Waals surface area contributed by atoms with Gasteiger partial charge in [-0.1, -0.05) is 38.1 Å². The van der Waals surface area contributed by atoms with Gasteiger partial charge in [0.25, 0.3) is 5.91 Å². The fourth-order valence-electron chi connectivity index (χ4n) is 5.07. The van der Waals surface area contributed by atoms with E-state index in [2.05, 4.69) is 29.6 Å². The van der Waals surface area contributed by atoms with Crippen LogP contribution in [0.5, 0.6) is 5.75 Å². The third-order valence-corrected chi connectivity index (χ3v) is 6.95. The number of anilines is 2. The summed E-state index contributed by atoms with van der Waals surface area (Å²) in [4.78, 5) is 26.8. The van der Waals surface area contributed by atoms with Gasteiger partial charge >= 0.3 is 0 Å². The van der Waals surface area contributed by atoms with Gasteiger partial charge in [0, 0.05) is 28.9 Å². The van der Waals surface area contributed by atoms with Crippen LogP contribution in [0.1, 0.15) is 59.8 Å². The Hall–Kier alpha value is -3.87. The van der Waals surface area contributed by atoms with Crippen LogP contribution >= 0.6 is 0 Å². The zero-order chi connectivity index (χ0) is 24.9. The van der Waals surface area contributed by atoms with Gasteiger partial charge in [-0.15, -0.1) is 0 Å². The van der Waals surface area contributed by atoms with E-state index in [1.165, 1.54) is 0 Å². The number of para-hydroxylation sites is 1. The number of Topliss-reactive ketones (excluding diaryl/α,β-unsaturated/α-hetero) is 1. The zero-order valence-electron chi connectivity index (χ0n) is 20.7. The molecule has 2 N–H and O–H groups in total. The highest BCUT2D eigenvalue weighted by atomic mass is 16.5. The van der Waals surface area contributed by atoms with Gasteiger partial charge < -0.3 is 15.4 Å². The second kappa shape index (κ2) is 8.41. The van der Waals surface area contributed by atoms with Crippen LogP contribution in [0.15, 0.2) is 59.9 Å². The minimum Gasteiger partial charge on any atom is -0.496 e. The van der Waals surface area contributed by atoms with Crippen molar-refractivity contribution in [2.75, 3.05) is 17.7 Å². The van der Waals surface area contributed by atoms with Gasteiger partial charge in [0.15, 0.2) is 5.78 Å². The largest absolute Gasteiger partial charge is 0.496 e. The number of ether oxygens (including phenoxy) is 1. The Balaban J connectivity index is 1.61. The quantitative estimate of drug-likeness (QED) is 0.532. The second-order valence-corrected chi connectivity index (χ2v) is 10.2. The zero-order valence-corrected chi connectivity index (χ0v) is 20.7. The molecule has 1 aliphatic heterocycles. The molecule has 0 radical (unpaired) electrons. The van der Waals surface area contributed by atoms with Crippen molar-refractivity contribution in [3.8, 4) is 5.75 Å². The number of allylic oxidation sites excluding steroid dienone is 2. The monoisotopic (exact) mass is 470 g/mol. The van der Waals surface area contributed by atoms with Gasteiger partial charge in [0.05, 0.1) is 13.3 Å². The van der Waals surface area contributed by atoms with Crippen LogP contribution in [0.2, 0.25) is 0 Å². The van der Waals surface area contributed by atoms with Crippen LogP contribution < -0.4 is 15.4 Å². The highest BCUT2D eigenvalue weighted by Crippen LogP contribution is 2.47. The molecule has 1 amide bonds. The number of aromatic nitrogens is 2. The third kappa shape index (κ3) is 4.01. The van der Waals surface area contributed by atoms with E-state index in [-0.39, 0.29) is 17.1 Å². The number of nitrogens with one attached hydrogen (secondary N) is 2. The lowest BCUT2D eigenvalue weighted by molar-refractivity contribution is -0.118. The average Bonchev–Trinajstić information content (AvgIpc) is 3.23. The highest BCUT2D eigenvalue weighted by Gasteiger charge is 2.43. The predicted octanol–water partition coefficient (Wildman–Crippen LogP) is 5.42. The summed E-state index contributed by atoms with van der Waals surface area (Å²) in [6.07, 6.45) is 2.72. The van der Waals surface area contributed by atoms with Crippen LogP contribution in [0.4, 0.5) is 11.5 Å². The summed E-state index contributed by atoms with van der Waals surface area (Å²) < 4.78 is 7.39. The molecule has 3 aromatic rings. The van der Waals surface area contributed by atoms with E-state index in [0.717, 1.165) is 28.1 Å². The smallest absolute Gasteiger partial charge is 0.261 e. The molecule has 0 unspecified atom stereocenters. The van der Waals surface area contributed by atoms with Crippen molar-refractivity contribution >= 4 is 23.2 Å². The van der Waals surface area contributed by atoms with Crippen LogP contribution in [0.25, 0.3) is 0 Å². The minimum absolute atomic E-state index is 0.0851. The Bertz CT molecular complexity index is 1380. The van der Waals surface area contributed by atoms with E-state index in [9.17, 15) is 9.59 Å². The summed E-state index contributed by atoms with van der Waals surface area (Å²) >= 11 is 0.